The van der Waals surface area contributed by atoms with E-state index >= 15 is 0 Å². The van der Waals surface area contributed by atoms with Gasteiger partial charge < -0.3 is 21.8 Å². The number of primary amides is 1. The Labute approximate surface area is 186 Å². The van der Waals surface area contributed by atoms with E-state index in [1.54, 1.807) is 12.1 Å². The third kappa shape index (κ3) is 4.07. The number of nitrogen functional groups attached to an aromatic ring is 1. The molecule has 2 amide bonds. The highest BCUT2D eigenvalue weighted by atomic mass is 19.3. The maximum absolute atomic E-state index is 13.4. The van der Waals surface area contributed by atoms with E-state index < -0.39 is 29.5 Å². The molecule has 0 saturated heterocycles. The lowest BCUT2D eigenvalue weighted by atomic mass is 9.77. The number of halogens is 2. The number of benzene rings is 2. The van der Waals surface area contributed by atoms with Crippen molar-refractivity contribution < 1.29 is 18.4 Å². The highest BCUT2D eigenvalue weighted by molar-refractivity contribution is 6.14. The van der Waals surface area contributed by atoms with Gasteiger partial charge in [0.1, 0.15) is 11.3 Å². The summed E-state index contributed by atoms with van der Waals surface area (Å²) in [6, 6.07) is 8.82. The minimum absolute atomic E-state index is 0.0121. The molecule has 0 atom stereocenters. The number of pyridine rings is 1. The molecule has 0 bridgehead atoms. The molecule has 0 spiro atoms. The maximum atomic E-state index is 13.4. The molecule has 2 aromatic carbocycles. The zero-order chi connectivity index (χ0) is 23.9. The van der Waals surface area contributed by atoms with Crippen LogP contribution in [0.15, 0.2) is 41.2 Å². The van der Waals surface area contributed by atoms with Crippen molar-refractivity contribution in [3.8, 4) is 0 Å². The van der Waals surface area contributed by atoms with Crippen molar-refractivity contribution in [2.24, 2.45) is 5.73 Å². The molecule has 10 heteroatoms. The van der Waals surface area contributed by atoms with Crippen molar-refractivity contribution in [3.63, 3.8) is 0 Å². The summed E-state index contributed by atoms with van der Waals surface area (Å²) in [6.45, 7) is 0. The Morgan fingerprint density at radius 2 is 1.85 bits per heavy atom. The van der Waals surface area contributed by atoms with Crippen molar-refractivity contribution in [1.82, 2.24) is 4.98 Å². The van der Waals surface area contributed by atoms with E-state index in [1.165, 1.54) is 24.3 Å². The summed E-state index contributed by atoms with van der Waals surface area (Å²) in [5.41, 5.74) is 10.3. The number of carbonyl (C=O) groups is 2. The Kier molecular flexibility index (Phi) is 5.67. The van der Waals surface area contributed by atoms with E-state index in [2.05, 4.69) is 10.3 Å². The normalized spacial score (nSPS) is 13.7. The third-order valence-corrected chi connectivity index (χ3v) is 5.91. The predicted molar refractivity (Wildman–Crippen MR) is 121 cm³/mol. The van der Waals surface area contributed by atoms with Gasteiger partial charge >= 0.3 is 0 Å². The second kappa shape index (κ2) is 8.45. The SMILES string of the molecule is N=C(c1cc(NC(=O)c2c(C3CCC3)ccc3cc(C(N)=O)c(=O)[nH]c23)ccc1N)C(F)F. The van der Waals surface area contributed by atoms with Crippen LogP contribution in [0.25, 0.3) is 10.9 Å². The molecule has 0 radical (unpaired) electrons. The van der Waals surface area contributed by atoms with Gasteiger partial charge in [-0.2, -0.15) is 0 Å². The number of anilines is 2. The smallest absolute Gasteiger partial charge is 0.280 e. The van der Waals surface area contributed by atoms with Crippen LogP contribution >= 0.6 is 0 Å². The van der Waals surface area contributed by atoms with Gasteiger partial charge in [0.15, 0.2) is 0 Å². The number of hydrogen-bond donors (Lipinski definition) is 5. The summed E-state index contributed by atoms with van der Waals surface area (Å²) in [6.07, 6.45) is -0.246. The standard InChI is InChI=1S/C23H21F2N5O3/c24-20(25)18(27)14-9-12(5-7-16(14)26)29-23(33)17-13(10-2-1-3-10)6-4-11-8-15(21(28)31)22(32)30-19(11)17/h4-10,20,27H,1-3,26H2,(H2,28,31)(H,29,33)(H,30,32). The van der Waals surface area contributed by atoms with Crippen LogP contribution < -0.4 is 22.3 Å². The van der Waals surface area contributed by atoms with Gasteiger partial charge in [0.05, 0.1) is 11.1 Å². The highest BCUT2D eigenvalue weighted by Crippen LogP contribution is 2.40. The molecule has 8 nitrogen and oxygen atoms in total. The van der Waals surface area contributed by atoms with Gasteiger partial charge in [-0.1, -0.05) is 18.6 Å². The number of hydrogen-bond acceptors (Lipinski definition) is 5. The molecule has 1 aromatic heterocycles. The average molecular weight is 453 g/mol. The number of aromatic nitrogens is 1. The van der Waals surface area contributed by atoms with Crippen molar-refractivity contribution in [1.29, 1.82) is 5.41 Å². The molecular formula is C23H21F2N5O3. The van der Waals surface area contributed by atoms with Crippen LogP contribution in [0.2, 0.25) is 0 Å². The number of alkyl halides is 2. The van der Waals surface area contributed by atoms with Gasteiger partial charge in [0.2, 0.25) is 0 Å². The lowest BCUT2D eigenvalue weighted by molar-refractivity contribution is 0.0997. The number of nitrogens with two attached hydrogens (primary N) is 2. The molecule has 1 aliphatic rings. The van der Waals surface area contributed by atoms with Gasteiger partial charge in [-0.15, -0.1) is 0 Å². The Balaban J connectivity index is 1.81. The first-order chi connectivity index (χ1) is 15.7. The molecule has 3 aromatic rings. The van der Waals surface area contributed by atoms with Crippen LogP contribution in [0.1, 0.15) is 57.0 Å². The quantitative estimate of drug-likeness (QED) is 0.287. The molecule has 170 valence electrons. The zero-order valence-electron chi connectivity index (χ0n) is 17.4. The largest absolute Gasteiger partial charge is 0.398 e. The van der Waals surface area contributed by atoms with Gasteiger partial charge in [-0.25, -0.2) is 8.78 Å². The lowest BCUT2D eigenvalue weighted by Crippen LogP contribution is -2.25. The topological polar surface area (TPSA) is 155 Å². The van der Waals surface area contributed by atoms with Crippen molar-refractivity contribution in [3.05, 3.63) is 69.0 Å². The molecule has 7 N–H and O–H groups in total. The van der Waals surface area contributed by atoms with E-state index in [4.69, 9.17) is 16.9 Å². The first kappa shape index (κ1) is 22.1. The van der Waals surface area contributed by atoms with Gasteiger partial charge in [-0.3, -0.25) is 19.8 Å². The summed E-state index contributed by atoms with van der Waals surface area (Å²) in [7, 11) is 0. The van der Waals surface area contributed by atoms with Crippen molar-refractivity contribution >= 4 is 39.8 Å². The number of nitrogens with one attached hydrogen (secondary N) is 3. The number of carbonyl (C=O) groups excluding carboxylic acids is 2. The maximum Gasteiger partial charge on any atom is 0.280 e. The fourth-order valence-corrected chi connectivity index (χ4v) is 3.96. The second-order valence-corrected chi connectivity index (χ2v) is 7.97. The van der Waals surface area contributed by atoms with Crippen LogP contribution in [0.5, 0.6) is 0 Å². The number of fused-ring (bicyclic) bond motifs is 1. The number of H-pyrrole nitrogens is 1. The summed E-state index contributed by atoms with van der Waals surface area (Å²) in [4.78, 5) is 39.9. The van der Waals surface area contributed by atoms with Crippen LogP contribution in [0, 0.1) is 5.41 Å². The fraction of sp³-hybridized carbons (Fsp3) is 0.217. The average Bonchev–Trinajstić information content (AvgIpc) is 2.72. The number of rotatable bonds is 6. The second-order valence-electron chi connectivity index (χ2n) is 7.97. The third-order valence-electron chi connectivity index (χ3n) is 5.91. The van der Waals surface area contributed by atoms with E-state index in [9.17, 15) is 23.2 Å². The van der Waals surface area contributed by atoms with Crippen LogP contribution in [-0.4, -0.2) is 28.9 Å². The molecule has 1 fully saturated rings. The molecular weight excluding hydrogens is 432 g/mol. The van der Waals surface area contributed by atoms with E-state index in [-0.39, 0.29) is 39.5 Å². The Bertz CT molecular complexity index is 1360. The molecule has 4 rings (SSSR count). The first-order valence-corrected chi connectivity index (χ1v) is 10.2. The summed E-state index contributed by atoms with van der Waals surface area (Å²) >= 11 is 0. The Morgan fingerprint density at radius 3 is 2.45 bits per heavy atom. The lowest BCUT2D eigenvalue weighted by Gasteiger charge is -2.28. The van der Waals surface area contributed by atoms with Gasteiger partial charge in [0.25, 0.3) is 23.8 Å². The summed E-state index contributed by atoms with van der Waals surface area (Å²) in [5, 5.41) is 10.7. The molecule has 1 heterocycles. The van der Waals surface area contributed by atoms with E-state index in [0.29, 0.717) is 5.39 Å². The Morgan fingerprint density at radius 1 is 1.12 bits per heavy atom. The van der Waals surface area contributed by atoms with Crippen molar-refractivity contribution in [2.75, 3.05) is 11.1 Å². The molecule has 1 saturated carbocycles. The number of aromatic amines is 1. The van der Waals surface area contributed by atoms with E-state index in [0.717, 1.165) is 24.8 Å². The predicted octanol–water partition coefficient (Wildman–Crippen LogP) is 3.36. The zero-order valence-corrected chi connectivity index (χ0v) is 17.4. The molecule has 0 aliphatic heterocycles. The summed E-state index contributed by atoms with van der Waals surface area (Å²) in [5.74, 6) is -1.32. The first-order valence-electron chi connectivity index (χ1n) is 10.2. The summed E-state index contributed by atoms with van der Waals surface area (Å²) < 4.78 is 26.0. The van der Waals surface area contributed by atoms with Gasteiger partial charge in [0, 0.05) is 16.9 Å². The van der Waals surface area contributed by atoms with Crippen molar-refractivity contribution in [2.45, 2.75) is 31.6 Å². The van der Waals surface area contributed by atoms with Gasteiger partial charge in [-0.05, 0) is 54.0 Å². The molecule has 1 aliphatic carbocycles. The van der Waals surface area contributed by atoms with Crippen LogP contribution in [-0.2, 0) is 0 Å². The highest BCUT2D eigenvalue weighted by Gasteiger charge is 2.27. The number of amides is 2. The Hall–Kier alpha value is -4.08. The monoisotopic (exact) mass is 453 g/mol. The molecule has 0 unspecified atom stereocenters. The van der Waals surface area contributed by atoms with E-state index in [1.807, 2.05) is 0 Å². The molecule has 33 heavy (non-hydrogen) atoms. The van der Waals surface area contributed by atoms with Crippen LogP contribution in [0.3, 0.4) is 0 Å². The van der Waals surface area contributed by atoms with Crippen LogP contribution in [0.4, 0.5) is 20.2 Å². The fourth-order valence-electron chi connectivity index (χ4n) is 3.96. The minimum Gasteiger partial charge on any atom is -0.398 e. The minimum atomic E-state index is -3.02.